The quantitative estimate of drug-likeness (QED) is 0.804. The molecule has 0 N–H and O–H groups in total. The number of carbonyl (C=O) groups is 1. The van der Waals surface area contributed by atoms with Crippen molar-refractivity contribution in [2.24, 2.45) is 7.05 Å². The Balaban J connectivity index is 1.67. The Hall–Kier alpha value is -2.18. The molecule has 0 saturated carbocycles. The predicted molar refractivity (Wildman–Crippen MR) is 92.8 cm³/mol. The molecule has 0 spiro atoms. The molecule has 1 aliphatic rings. The van der Waals surface area contributed by atoms with Gasteiger partial charge in [-0.2, -0.15) is 10.1 Å². The minimum atomic E-state index is -0.0829. The normalized spacial score (nSPS) is 19.2. The van der Waals surface area contributed by atoms with Crippen LogP contribution in [0.2, 0.25) is 0 Å². The third-order valence-corrected chi connectivity index (χ3v) is 5.00. The van der Waals surface area contributed by atoms with Crippen molar-refractivity contribution in [2.75, 3.05) is 6.54 Å². The van der Waals surface area contributed by atoms with E-state index >= 15 is 0 Å². The van der Waals surface area contributed by atoms with Gasteiger partial charge in [0.15, 0.2) is 5.82 Å². The van der Waals surface area contributed by atoms with E-state index in [0.29, 0.717) is 18.7 Å². The summed E-state index contributed by atoms with van der Waals surface area (Å²) in [6.45, 7) is 4.96. The monoisotopic (exact) mass is 345 g/mol. The third kappa shape index (κ3) is 4.08. The second-order valence-electron chi connectivity index (χ2n) is 6.92. The first kappa shape index (κ1) is 17.6. The molecule has 0 bridgehead atoms. The summed E-state index contributed by atoms with van der Waals surface area (Å²) in [6, 6.07) is -0.0829. The Morgan fingerprint density at radius 1 is 1.44 bits per heavy atom. The van der Waals surface area contributed by atoms with E-state index in [-0.39, 0.29) is 17.9 Å². The molecule has 136 valence electrons. The van der Waals surface area contributed by atoms with Gasteiger partial charge < -0.3 is 9.42 Å². The molecule has 0 aromatic carbocycles. The fourth-order valence-corrected chi connectivity index (χ4v) is 3.25. The molecule has 7 nitrogen and oxygen atoms in total. The zero-order valence-corrected chi connectivity index (χ0v) is 15.3. The smallest absolute Gasteiger partial charge is 0.249 e. The van der Waals surface area contributed by atoms with Crippen molar-refractivity contribution in [1.29, 1.82) is 0 Å². The van der Waals surface area contributed by atoms with Crippen molar-refractivity contribution < 1.29 is 9.32 Å². The molecule has 3 rings (SSSR count). The van der Waals surface area contributed by atoms with Gasteiger partial charge >= 0.3 is 0 Å². The van der Waals surface area contributed by atoms with E-state index in [0.717, 1.165) is 43.6 Å². The molecule has 3 heterocycles. The lowest BCUT2D eigenvalue weighted by Crippen LogP contribution is -2.38. The van der Waals surface area contributed by atoms with Crippen LogP contribution in [0.15, 0.2) is 16.9 Å². The van der Waals surface area contributed by atoms with Crippen LogP contribution in [0.25, 0.3) is 0 Å². The zero-order chi connectivity index (χ0) is 17.8. The van der Waals surface area contributed by atoms with Crippen molar-refractivity contribution >= 4 is 5.91 Å². The number of hydrogen-bond acceptors (Lipinski definition) is 5. The predicted octanol–water partition coefficient (Wildman–Crippen LogP) is 3.00. The Kier molecular flexibility index (Phi) is 5.50. The number of amides is 1. The first-order valence-electron chi connectivity index (χ1n) is 9.19. The highest BCUT2D eigenvalue weighted by molar-refractivity contribution is 5.77. The van der Waals surface area contributed by atoms with Crippen LogP contribution in [0, 0.1) is 0 Å². The maximum absolute atomic E-state index is 12.8. The molecule has 0 radical (unpaired) electrons. The second kappa shape index (κ2) is 7.80. The van der Waals surface area contributed by atoms with Gasteiger partial charge in [-0.05, 0) is 37.7 Å². The van der Waals surface area contributed by atoms with Gasteiger partial charge in [0.25, 0.3) is 0 Å². The second-order valence-corrected chi connectivity index (χ2v) is 6.92. The Morgan fingerprint density at radius 3 is 3.00 bits per heavy atom. The van der Waals surface area contributed by atoms with Crippen molar-refractivity contribution in [3.05, 3.63) is 29.7 Å². The summed E-state index contributed by atoms with van der Waals surface area (Å²) in [7, 11) is 1.89. The number of aromatic nitrogens is 4. The van der Waals surface area contributed by atoms with Crippen molar-refractivity contribution in [3.8, 4) is 0 Å². The van der Waals surface area contributed by atoms with E-state index in [4.69, 9.17) is 4.52 Å². The van der Waals surface area contributed by atoms with Crippen molar-refractivity contribution in [3.63, 3.8) is 0 Å². The maximum Gasteiger partial charge on any atom is 0.249 e. The average molecular weight is 345 g/mol. The lowest BCUT2D eigenvalue weighted by atomic mass is 10.0. The van der Waals surface area contributed by atoms with Gasteiger partial charge in [0.05, 0.1) is 6.20 Å². The van der Waals surface area contributed by atoms with E-state index in [9.17, 15) is 4.79 Å². The first-order chi connectivity index (χ1) is 12.1. The molecule has 0 aliphatic carbocycles. The van der Waals surface area contributed by atoms with Crippen LogP contribution in [0.5, 0.6) is 0 Å². The SMILES string of the molecule is CC[C@H](C)c1noc([C@H]2CCCCN2C(=O)CCc2cnn(C)c2)n1. The van der Waals surface area contributed by atoms with E-state index in [1.165, 1.54) is 0 Å². The molecule has 1 aliphatic heterocycles. The van der Waals surface area contributed by atoms with Crippen LogP contribution in [0.3, 0.4) is 0 Å². The van der Waals surface area contributed by atoms with E-state index in [1.54, 1.807) is 4.68 Å². The summed E-state index contributed by atoms with van der Waals surface area (Å²) in [5, 5.41) is 8.27. The average Bonchev–Trinajstić information content (AvgIpc) is 3.28. The highest BCUT2D eigenvalue weighted by atomic mass is 16.5. The van der Waals surface area contributed by atoms with Gasteiger partial charge in [-0.1, -0.05) is 19.0 Å². The molecule has 25 heavy (non-hydrogen) atoms. The molecule has 2 atom stereocenters. The lowest BCUT2D eigenvalue weighted by molar-refractivity contribution is -0.135. The van der Waals surface area contributed by atoms with Crippen molar-refractivity contribution in [1.82, 2.24) is 24.8 Å². The molecule has 1 fully saturated rings. The lowest BCUT2D eigenvalue weighted by Gasteiger charge is -2.33. The van der Waals surface area contributed by atoms with Crippen LogP contribution < -0.4 is 0 Å². The number of aryl methyl sites for hydroxylation is 2. The molecule has 2 aromatic heterocycles. The van der Waals surface area contributed by atoms with E-state index < -0.39 is 0 Å². The van der Waals surface area contributed by atoms with Crippen LogP contribution in [-0.4, -0.2) is 37.3 Å². The number of nitrogens with zero attached hydrogens (tertiary/aromatic N) is 5. The summed E-state index contributed by atoms with van der Waals surface area (Å²) in [5.74, 6) is 1.75. The van der Waals surface area contributed by atoms with Gasteiger partial charge in [0.1, 0.15) is 6.04 Å². The van der Waals surface area contributed by atoms with Gasteiger partial charge in [-0.15, -0.1) is 0 Å². The topological polar surface area (TPSA) is 77.0 Å². The molecule has 0 unspecified atom stereocenters. The summed E-state index contributed by atoms with van der Waals surface area (Å²) >= 11 is 0. The van der Waals surface area contributed by atoms with Crippen LogP contribution in [0.1, 0.15) is 75.2 Å². The largest absolute Gasteiger partial charge is 0.337 e. The minimum absolute atomic E-state index is 0.0829. The van der Waals surface area contributed by atoms with Gasteiger partial charge in [0.2, 0.25) is 11.8 Å². The van der Waals surface area contributed by atoms with Gasteiger partial charge in [-0.3, -0.25) is 9.48 Å². The standard InChI is InChI=1S/C18H27N5O2/c1-4-13(2)17-20-18(25-21-17)15-7-5-6-10-23(15)16(24)9-8-14-11-19-22(3)12-14/h11-13,15H,4-10H2,1-3H3/t13-,15+/m0/s1. The number of likely N-dealkylation sites (tertiary alicyclic amines) is 1. The molecule has 7 heteroatoms. The maximum atomic E-state index is 12.8. The number of carbonyl (C=O) groups excluding carboxylic acids is 1. The Labute approximate surface area is 148 Å². The fourth-order valence-electron chi connectivity index (χ4n) is 3.25. The molecule has 1 saturated heterocycles. The number of hydrogen-bond donors (Lipinski definition) is 0. The highest BCUT2D eigenvalue weighted by Gasteiger charge is 2.32. The number of piperidine rings is 1. The fraction of sp³-hybridized carbons (Fsp3) is 0.667. The van der Waals surface area contributed by atoms with Gasteiger partial charge in [-0.25, -0.2) is 0 Å². The van der Waals surface area contributed by atoms with Crippen LogP contribution >= 0.6 is 0 Å². The van der Waals surface area contributed by atoms with Gasteiger partial charge in [0, 0.05) is 32.1 Å². The molecular weight excluding hydrogens is 318 g/mol. The molecular formula is C18H27N5O2. The first-order valence-corrected chi connectivity index (χ1v) is 9.19. The van der Waals surface area contributed by atoms with Crippen LogP contribution in [-0.2, 0) is 18.3 Å². The summed E-state index contributed by atoms with van der Waals surface area (Å²) < 4.78 is 7.27. The Bertz CT molecular complexity index is 708. The summed E-state index contributed by atoms with van der Waals surface area (Å²) in [5.41, 5.74) is 1.08. The highest BCUT2D eigenvalue weighted by Crippen LogP contribution is 2.31. The minimum Gasteiger partial charge on any atom is -0.337 e. The molecule has 1 amide bonds. The number of rotatable bonds is 6. The molecule has 2 aromatic rings. The van der Waals surface area contributed by atoms with Crippen LogP contribution in [0.4, 0.5) is 0 Å². The summed E-state index contributed by atoms with van der Waals surface area (Å²) in [6.07, 6.45) is 8.93. The Morgan fingerprint density at radius 2 is 2.28 bits per heavy atom. The zero-order valence-electron chi connectivity index (χ0n) is 15.3. The third-order valence-electron chi connectivity index (χ3n) is 5.00. The van der Waals surface area contributed by atoms with Crippen molar-refractivity contribution in [2.45, 2.75) is 64.3 Å². The van der Waals surface area contributed by atoms with E-state index in [2.05, 4.69) is 29.1 Å². The van der Waals surface area contributed by atoms with E-state index in [1.807, 2.05) is 24.3 Å². The summed E-state index contributed by atoms with van der Waals surface area (Å²) in [4.78, 5) is 19.3.